The summed E-state index contributed by atoms with van der Waals surface area (Å²) >= 11 is 7.57. The van der Waals surface area contributed by atoms with Crippen LogP contribution in [-0.2, 0) is 4.79 Å². The Bertz CT molecular complexity index is 455. The van der Waals surface area contributed by atoms with E-state index in [0.717, 1.165) is 24.3 Å². The van der Waals surface area contributed by atoms with E-state index in [0.29, 0.717) is 18.1 Å². The Morgan fingerprint density at radius 3 is 2.86 bits per heavy atom. The molecule has 0 bridgehead atoms. The predicted octanol–water partition coefficient (Wildman–Crippen LogP) is 3.01. The second kappa shape index (κ2) is 8.51. The highest BCUT2D eigenvalue weighted by Crippen LogP contribution is 2.17. The molecule has 0 aromatic heterocycles. The molecule has 1 fully saturated rings. The number of unbranched alkanes of at least 4 members (excludes halogenated alkanes) is 1. The summed E-state index contributed by atoms with van der Waals surface area (Å²) in [7, 11) is 0. The van der Waals surface area contributed by atoms with Crippen molar-refractivity contribution in [3.63, 3.8) is 0 Å². The highest BCUT2D eigenvalue weighted by atomic mass is 35.5. The van der Waals surface area contributed by atoms with Gasteiger partial charge in [-0.05, 0) is 36.4 Å². The second-order valence-corrected chi connectivity index (χ2v) is 6.65. The number of carbonyl (C=O) groups is 1. The number of ether oxygens (including phenoxy) is 1. The van der Waals surface area contributed by atoms with Gasteiger partial charge in [0.25, 0.3) is 0 Å². The molecule has 0 saturated carbocycles. The van der Waals surface area contributed by atoms with Crippen molar-refractivity contribution in [1.82, 2.24) is 10.6 Å². The van der Waals surface area contributed by atoms with Crippen molar-refractivity contribution in [2.45, 2.75) is 37.7 Å². The lowest BCUT2D eigenvalue weighted by Gasteiger charge is -2.31. The van der Waals surface area contributed by atoms with Crippen LogP contribution >= 0.6 is 23.4 Å². The smallest absolute Gasteiger partial charge is 0.223 e. The first-order chi connectivity index (χ1) is 10.2. The molecule has 0 aliphatic carbocycles. The number of nitrogens with one attached hydrogen (secondary N) is 2. The van der Waals surface area contributed by atoms with Crippen LogP contribution in [0.15, 0.2) is 24.3 Å². The van der Waals surface area contributed by atoms with Crippen molar-refractivity contribution in [3.05, 3.63) is 29.3 Å². The quantitative estimate of drug-likeness (QED) is 0.755. The van der Waals surface area contributed by atoms with Crippen LogP contribution in [0, 0.1) is 0 Å². The zero-order valence-electron chi connectivity index (χ0n) is 12.1. The van der Waals surface area contributed by atoms with Gasteiger partial charge in [0, 0.05) is 11.4 Å². The third-order valence-corrected chi connectivity index (χ3v) is 4.52. The van der Waals surface area contributed by atoms with E-state index in [-0.39, 0.29) is 17.4 Å². The highest BCUT2D eigenvalue weighted by molar-refractivity contribution is 7.99. The number of rotatable bonds is 7. The molecule has 1 saturated heterocycles. The van der Waals surface area contributed by atoms with E-state index in [2.05, 4.69) is 17.6 Å². The van der Waals surface area contributed by atoms with E-state index >= 15 is 0 Å². The Morgan fingerprint density at radius 1 is 1.38 bits per heavy atom. The SMILES string of the molecule is CCCCSC1NC(=O)CC(COc2ccc(Cl)cc2)N1. The van der Waals surface area contributed by atoms with Crippen LogP contribution in [-0.4, -0.2) is 29.8 Å². The zero-order chi connectivity index (χ0) is 15.1. The molecule has 21 heavy (non-hydrogen) atoms. The van der Waals surface area contributed by atoms with Gasteiger partial charge in [-0.2, -0.15) is 0 Å². The minimum Gasteiger partial charge on any atom is -0.492 e. The van der Waals surface area contributed by atoms with Gasteiger partial charge in [0.1, 0.15) is 17.9 Å². The molecule has 2 rings (SSSR count). The van der Waals surface area contributed by atoms with Gasteiger partial charge in [0.05, 0.1) is 6.04 Å². The van der Waals surface area contributed by atoms with E-state index in [1.165, 1.54) is 0 Å². The van der Waals surface area contributed by atoms with Crippen molar-refractivity contribution >= 4 is 29.3 Å². The van der Waals surface area contributed by atoms with Crippen molar-refractivity contribution < 1.29 is 9.53 Å². The number of hydrogen-bond donors (Lipinski definition) is 2. The average Bonchev–Trinajstić information content (AvgIpc) is 2.46. The Labute approximate surface area is 135 Å². The molecule has 1 aromatic rings. The summed E-state index contributed by atoms with van der Waals surface area (Å²) in [6.07, 6.45) is 2.76. The van der Waals surface area contributed by atoms with Crippen molar-refractivity contribution in [2.24, 2.45) is 0 Å². The molecule has 1 amide bonds. The molecule has 6 heteroatoms. The van der Waals surface area contributed by atoms with Crippen LogP contribution in [0.3, 0.4) is 0 Å². The van der Waals surface area contributed by atoms with Gasteiger partial charge in [0.15, 0.2) is 0 Å². The van der Waals surface area contributed by atoms with E-state index in [1.807, 2.05) is 12.1 Å². The lowest BCUT2D eigenvalue weighted by atomic mass is 10.2. The van der Waals surface area contributed by atoms with Gasteiger partial charge < -0.3 is 10.1 Å². The number of thioether (sulfide) groups is 1. The summed E-state index contributed by atoms with van der Waals surface area (Å²) in [4.78, 5) is 11.7. The predicted molar refractivity (Wildman–Crippen MR) is 87.8 cm³/mol. The molecule has 2 atom stereocenters. The van der Waals surface area contributed by atoms with Gasteiger partial charge >= 0.3 is 0 Å². The Morgan fingerprint density at radius 2 is 2.14 bits per heavy atom. The number of amides is 1. The lowest BCUT2D eigenvalue weighted by molar-refractivity contribution is -0.123. The minimum absolute atomic E-state index is 0.0170. The molecule has 1 aromatic carbocycles. The molecule has 1 heterocycles. The van der Waals surface area contributed by atoms with Crippen LogP contribution in [0.5, 0.6) is 5.75 Å². The van der Waals surface area contributed by atoms with Crippen molar-refractivity contribution in [3.8, 4) is 5.75 Å². The monoisotopic (exact) mass is 328 g/mol. The van der Waals surface area contributed by atoms with Crippen molar-refractivity contribution in [2.75, 3.05) is 12.4 Å². The van der Waals surface area contributed by atoms with Crippen LogP contribution in [0.2, 0.25) is 5.02 Å². The fourth-order valence-corrected chi connectivity index (χ4v) is 3.33. The molecule has 4 nitrogen and oxygen atoms in total. The molecule has 1 aliphatic heterocycles. The molecule has 0 radical (unpaired) electrons. The van der Waals surface area contributed by atoms with Gasteiger partial charge in [-0.25, -0.2) is 0 Å². The minimum atomic E-state index is -0.0170. The zero-order valence-corrected chi connectivity index (χ0v) is 13.7. The van der Waals surface area contributed by atoms with E-state index < -0.39 is 0 Å². The third kappa shape index (κ3) is 5.77. The molecule has 0 spiro atoms. The van der Waals surface area contributed by atoms with Crippen LogP contribution in [0.25, 0.3) is 0 Å². The van der Waals surface area contributed by atoms with E-state index in [1.54, 1.807) is 23.9 Å². The van der Waals surface area contributed by atoms with Crippen LogP contribution in [0.1, 0.15) is 26.2 Å². The largest absolute Gasteiger partial charge is 0.492 e. The van der Waals surface area contributed by atoms with Crippen molar-refractivity contribution in [1.29, 1.82) is 0 Å². The summed E-state index contributed by atoms with van der Waals surface area (Å²) in [5, 5.41) is 7.04. The van der Waals surface area contributed by atoms with E-state index in [4.69, 9.17) is 16.3 Å². The normalized spacial score (nSPS) is 21.9. The topological polar surface area (TPSA) is 50.4 Å². The number of benzene rings is 1. The molecular formula is C15H21ClN2O2S. The van der Waals surface area contributed by atoms with E-state index in [9.17, 15) is 4.79 Å². The second-order valence-electron chi connectivity index (χ2n) is 5.00. The number of carbonyl (C=O) groups excluding carboxylic acids is 1. The maximum absolute atomic E-state index is 11.7. The lowest BCUT2D eigenvalue weighted by Crippen LogP contribution is -2.56. The Hall–Kier alpha value is -0.910. The summed E-state index contributed by atoms with van der Waals surface area (Å²) < 4.78 is 5.71. The summed E-state index contributed by atoms with van der Waals surface area (Å²) in [5.74, 6) is 1.88. The number of hydrogen-bond acceptors (Lipinski definition) is 4. The Balaban J connectivity index is 1.79. The van der Waals surface area contributed by atoms with Crippen LogP contribution in [0.4, 0.5) is 0 Å². The highest BCUT2D eigenvalue weighted by Gasteiger charge is 2.26. The van der Waals surface area contributed by atoms with Gasteiger partial charge in [0.2, 0.25) is 5.91 Å². The molecule has 2 unspecified atom stereocenters. The standard InChI is InChI=1S/C15H21ClN2O2S/c1-2-3-8-21-15-17-12(9-14(19)18-15)10-20-13-6-4-11(16)5-7-13/h4-7,12,15,17H,2-3,8-10H2,1H3,(H,18,19). The Kier molecular flexibility index (Phi) is 6.67. The average molecular weight is 329 g/mol. The fraction of sp³-hybridized carbons (Fsp3) is 0.533. The van der Waals surface area contributed by atoms with Gasteiger partial charge in [-0.15, -0.1) is 11.8 Å². The summed E-state index contributed by atoms with van der Waals surface area (Å²) in [6.45, 7) is 2.64. The first kappa shape index (κ1) is 16.5. The molecule has 1 aliphatic rings. The molecule has 116 valence electrons. The number of halogens is 1. The first-order valence-electron chi connectivity index (χ1n) is 7.22. The molecular weight excluding hydrogens is 308 g/mol. The van der Waals surface area contributed by atoms with Gasteiger partial charge in [-0.1, -0.05) is 24.9 Å². The van der Waals surface area contributed by atoms with Gasteiger partial charge in [-0.3, -0.25) is 10.1 Å². The first-order valence-corrected chi connectivity index (χ1v) is 8.65. The maximum atomic E-state index is 11.7. The third-order valence-electron chi connectivity index (χ3n) is 3.16. The fourth-order valence-electron chi connectivity index (χ4n) is 2.01. The summed E-state index contributed by atoms with van der Waals surface area (Å²) in [6, 6.07) is 7.29. The molecule has 2 N–H and O–H groups in total. The summed E-state index contributed by atoms with van der Waals surface area (Å²) in [5.41, 5.74) is -0.0170. The maximum Gasteiger partial charge on any atom is 0.223 e. The van der Waals surface area contributed by atoms with Crippen LogP contribution < -0.4 is 15.4 Å².